The zero-order valence-corrected chi connectivity index (χ0v) is 13.1. The molecule has 2 N–H and O–H groups in total. The molecule has 0 aromatic carbocycles. The van der Waals surface area contributed by atoms with Crippen LogP contribution in [0.4, 0.5) is 0 Å². The Morgan fingerprint density at radius 1 is 1.50 bits per heavy atom. The summed E-state index contributed by atoms with van der Waals surface area (Å²) < 4.78 is 4.87. The first kappa shape index (κ1) is 15.1. The molecular weight excluding hydrogens is 306 g/mol. The quantitative estimate of drug-likeness (QED) is 0.585. The van der Waals surface area contributed by atoms with Gasteiger partial charge in [-0.25, -0.2) is 15.2 Å². The number of esters is 1. The van der Waals surface area contributed by atoms with E-state index in [1.165, 1.54) is 25.6 Å². The second-order valence-corrected chi connectivity index (χ2v) is 5.75. The number of ether oxygens (including phenoxy) is 1. The largest absolute Gasteiger partial charge is 0.466 e. The van der Waals surface area contributed by atoms with Crippen molar-refractivity contribution in [3.63, 3.8) is 0 Å². The highest BCUT2D eigenvalue weighted by Gasteiger charge is 2.37. The van der Waals surface area contributed by atoms with Crippen LogP contribution in [-0.4, -0.2) is 55.0 Å². The van der Waals surface area contributed by atoms with Crippen LogP contribution in [0.25, 0.3) is 0 Å². The minimum atomic E-state index is -0.331. The average Bonchev–Trinajstić information content (AvgIpc) is 3.20. The zero-order valence-electron chi connectivity index (χ0n) is 12.3. The smallest absolute Gasteiger partial charge is 0.337 e. The van der Waals surface area contributed by atoms with Gasteiger partial charge in [0.25, 0.3) is 0 Å². The fourth-order valence-corrected chi connectivity index (χ4v) is 3.28. The maximum absolute atomic E-state index is 12.0. The second kappa shape index (κ2) is 6.53. The summed E-state index contributed by atoms with van der Waals surface area (Å²) in [6, 6.07) is 0.0952. The van der Waals surface area contributed by atoms with Gasteiger partial charge in [-0.3, -0.25) is 9.83 Å². The van der Waals surface area contributed by atoms with Gasteiger partial charge < -0.3 is 9.64 Å². The molecule has 3 heterocycles. The number of rotatable bonds is 5. The fraction of sp³-hybridized carbons (Fsp3) is 0.462. The molecule has 1 unspecified atom stereocenters. The molecule has 1 fully saturated rings. The fourth-order valence-electron chi connectivity index (χ4n) is 2.63. The van der Waals surface area contributed by atoms with Gasteiger partial charge in [0.2, 0.25) is 0 Å². The van der Waals surface area contributed by atoms with Crippen molar-refractivity contribution < 1.29 is 14.4 Å². The van der Waals surface area contributed by atoms with Crippen LogP contribution in [0.1, 0.15) is 11.4 Å². The summed E-state index contributed by atoms with van der Waals surface area (Å²) in [4.78, 5) is 27.7. The van der Waals surface area contributed by atoms with Gasteiger partial charge in [-0.2, -0.15) is 0 Å². The number of nitrogens with one attached hydrogen (secondary N) is 2. The molecule has 0 aliphatic carbocycles. The number of fused-ring (bicyclic) bond motifs is 1. The molecule has 0 saturated carbocycles. The van der Waals surface area contributed by atoms with E-state index < -0.39 is 0 Å². The molecule has 0 bridgehead atoms. The molecule has 22 heavy (non-hydrogen) atoms. The van der Waals surface area contributed by atoms with Crippen molar-refractivity contribution in [2.75, 3.05) is 27.3 Å². The first-order valence-corrected chi connectivity index (χ1v) is 7.68. The number of carbonyl (C=O) groups is 1. The molecule has 8 nitrogen and oxygen atoms in total. The lowest BCUT2D eigenvalue weighted by Crippen LogP contribution is -2.42. The van der Waals surface area contributed by atoms with Crippen LogP contribution in [0.15, 0.2) is 27.8 Å². The third-order valence-electron chi connectivity index (χ3n) is 3.58. The minimum Gasteiger partial charge on any atom is -0.466 e. The van der Waals surface area contributed by atoms with Crippen molar-refractivity contribution in [3.05, 3.63) is 27.9 Å². The van der Waals surface area contributed by atoms with E-state index in [0.717, 1.165) is 16.5 Å². The van der Waals surface area contributed by atoms with Crippen LogP contribution >= 0.6 is 11.3 Å². The number of aromatic nitrogens is 1. The van der Waals surface area contributed by atoms with Gasteiger partial charge in [-0.15, -0.1) is 16.9 Å². The highest BCUT2D eigenvalue weighted by atomic mass is 32.1. The molecule has 1 aromatic rings. The highest BCUT2D eigenvalue weighted by molar-refractivity contribution is 7.11. The lowest BCUT2D eigenvalue weighted by atomic mass is 10.1. The van der Waals surface area contributed by atoms with E-state index in [2.05, 4.69) is 21.0 Å². The molecule has 0 spiro atoms. The molecule has 0 radical (unpaired) electrons. The predicted molar refractivity (Wildman–Crippen MR) is 81.0 cm³/mol. The van der Waals surface area contributed by atoms with Gasteiger partial charge in [0.05, 0.1) is 26.3 Å². The Hall–Kier alpha value is -1.81. The van der Waals surface area contributed by atoms with Crippen LogP contribution in [0.5, 0.6) is 0 Å². The maximum Gasteiger partial charge on any atom is 0.337 e. The molecule has 2 aliphatic heterocycles. The maximum atomic E-state index is 12.0. The Morgan fingerprint density at radius 3 is 3.05 bits per heavy atom. The minimum absolute atomic E-state index is 0.0952. The van der Waals surface area contributed by atoms with E-state index in [1.54, 1.807) is 6.20 Å². The third kappa shape index (κ3) is 2.75. The Bertz CT molecular complexity index is 613. The summed E-state index contributed by atoms with van der Waals surface area (Å²) in [6.45, 7) is 0.989. The molecule has 0 amide bonds. The van der Waals surface area contributed by atoms with Crippen LogP contribution in [0.2, 0.25) is 0 Å². The van der Waals surface area contributed by atoms with Gasteiger partial charge in [0.1, 0.15) is 0 Å². The summed E-state index contributed by atoms with van der Waals surface area (Å²) in [5.74, 6) is 0.474. The van der Waals surface area contributed by atoms with E-state index in [-0.39, 0.29) is 12.0 Å². The molecule has 2 aliphatic rings. The molecule has 118 valence electrons. The molecule has 1 aromatic heterocycles. The first-order chi connectivity index (χ1) is 10.7. The lowest BCUT2D eigenvalue weighted by molar-refractivity contribution is -0.136. The molecule has 1 atom stereocenters. The molecule has 1 saturated heterocycles. The number of hydrogen-bond donors (Lipinski definition) is 2. The normalized spacial score (nSPS) is 20.9. The summed E-state index contributed by atoms with van der Waals surface area (Å²) in [7, 11) is 2.92. The van der Waals surface area contributed by atoms with Crippen LogP contribution in [0.3, 0.4) is 0 Å². The summed E-state index contributed by atoms with van der Waals surface area (Å²) in [6.07, 6.45) is 2.44. The molecular formula is C13H17N5O3S. The third-order valence-corrected chi connectivity index (χ3v) is 4.35. The molecule has 3 rings (SSSR count). The Labute approximate surface area is 131 Å². The van der Waals surface area contributed by atoms with Crippen molar-refractivity contribution in [2.24, 2.45) is 4.99 Å². The number of hydrogen-bond acceptors (Lipinski definition) is 9. The predicted octanol–water partition coefficient (Wildman–Crippen LogP) is 0.0603. The van der Waals surface area contributed by atoms with Crippen molar-refractivity contribution in [2.45, 2.75) is 12.5 Å². The van der Waals surface area contributed by atoms with E-state index >= 15 is 0 Å². The van der Waals surface area contributed by atoms with Crippen LogP contribution < -0.4 is 11.0 Å². The van der Waals surface area contributed by atoms with Crippen molar-refractivity contribution >= 4 is 23.1 Å². The standard InChI is InChI=1S/C13H17N5O3S/c1-20-13(19)9-6-15-11(12-14-3-4-22-12)18-7-8(5-10(9)18)16-17-21-2/h3-4,8,16-17H,5-7H2,1-2H3. The van der Waals surface area contributed by atoms with Gasteiger partial charge in [-0.1, -0.05) is 0 Å². The SMILES string of the molecule is CONNC1CC2=C(C(=O)OC)CN=C(c3nccs3)N2C1. The number of hydrazine groups is 1. The van der Waals surface area contributed by atoms with Crippen molar-refractivity contribution in [3.8, 4) is 0 Å². The van der Waals surface area contributed by atoms with E-state index in [4.69, 9.17) is 9.57 Å². The topological polar surface area (TPSA) is 88.1 Å². The summed E-state index contributed by atoms with van der Waals surface area (Å²) in [5.41, 5.74) is 7.23. The zero-order chi connectivity index (χ0) is 15.5. The number of carbonyl (C=O) groups excluding carboxylic acids is 1. The monoisotopic (exact) mass is 323 g/mol. The van der Waals surface area contributed by atoms with Crippen LogP contribution in [0, 0.1) is 0 Å². The lowest BCUT2D eigenvalue weighted by Gasteiger charge is -2.26. The highest BCUT2D eigenvalue weighted by Crippen LogP contribution is 2.31. The Balaban J connectivity index is 1.89. The van der Waals surface area contributed by atoms with Gasteiger partial charge in [0.15, 0.2) is 10.8 Å². The van der Waals surface area contributed by atoms with E-state index in [1.807, 2.05) is 10.3 Å². The summed E-state index contributed by atoms with van der Waals surface area (Å²) in [5, 5.41) is 2.76. The number of thiazole rings is 1. The Kier molecular flexibility index (Phi) is 4.48. The van der Waals surface area contributed by atoms with Crippen molar-refractivity contribution in [1.29, 1.82) is 0 Å². The van der Waals surface area contributed by atoms with Crippen LogP contribution in [-0.2, 0) is 14.4 Å². The van der Waals surface area contributed by atoms with Gasteiger partial charge in [0, 0.05) is 36.3 Å². The van der Waals surface area contributed by atoms with E-state index in [9.17, 15) is 4.79 Å². The van der Waals surface area contributed by atoms with Gasteiger partial charge >= 0.3 is 5.97 Å². The Morgan fingerprint density at radius 2 is 2.36 bits per heavy atom. The van der Waals surface area contributed by atoms with Gasteiger partial charge in [-0.05, 0) is 0 Å². The second-order valence-electron chi connectivity index (χ2n) is 4.86. The van der Waals surface area contributed by atoms with Crippen molar-refractivity contribution in [1.82, 2.24) is 20.9 Å². The number of aliphatic imine (C=N–C) groups is 1. The first-order valence-electron chi connectivity index (χ1n) is 6.80. The number of methoxy groups -OCH3 is 1. The molecule has 9 heteroatoms. The number of nitrogens with zero attached hydrogens (tertiary/aromatic N) is 3. The number of amidine groups is 1. The summed E-state index contributed by atoms with van der Waals surface area (Å²) >= 11 is 1.53. The average molecular weight is 323 g/mol. The van der Waals surface area contributed by atoms with E-state index in [0.29, 0.717) is 25.1 Å².